The molecule has 1 fully saturated rings. The van der Waals surface area contributed by atoms with Crippen LogP contribution in [0, 0.1) is 0 Å². The molecule has 0 bridgehead atoms. The zero-order valence-electron chi connectivity index (χ0n) is 12.5. The Bertz CT molecular complexity index is 504. The van der Waals surface area contributed by atoms with Gasteiger partial charge >= 0.3 is 5.97 Å². The Hall–Kier alpha value is -1.92. The smallest absolute Gasteiger partial charge is 0.303 e. The van der Waals surface area contributed by atoms with Crippen LogP contribution in [0.2, 0.25) is 0 Å². The lowest BCUT2D eigenvalue weighted by Crippen LogP contribution is -2.48. The van der Waals surface area contributed by atoms with Crippen LogP contribution in [0.15, 0.2) is 6.20 Å². The van der Waals surface area contributed by atoms with E-state index in [9.17, 15) is 9.59 Å². The third kappa shape index (κ3) is 4.03. The van der Waals surface area contributed by atoms with Crippen LogP contribution in [0.3, 0.4) is 0 Å². The minimum absolute atomic E-state index is 0.0207. The molecule has 1 aliphatic rings. The molecule has 1 N–H and O–H groups in total. The zero-order valence-corrected chi connectivity index (χ0v) is 12.5. The largest absolute Gasteiger partial charge is 0.481 e. The van der Waals surface area contributed by atoms with Gasteiger partial charge in [0, 0.05) is 24.7 Å². The highest BCUT2D eigenvalue weighted by Gasteiger charge is 2.28. The lowest BCUT2D eigenvalue weighted by molar-refractivity contribution is -0.138. The molecule has 1 aliphatic heterocycles. The summed E-state index contributed by atoms with van der Waals surface area (Å²) in [5, 5.41) is 16.4. The number of carboxylic acid groups (broad SMARTS) is 1. The predicted molar refractivity (Wildman–Crippen MR) is 75.6 cm³/mol. The monoisotopic (exact) mass is 294 g/mol. The molecule has 1 aromatic rings. The zero-order chi connectivity index (χ0) is 15.4. The van der Waals surface area contributed by atoms with Gasteiger partial charge in [-0.2, -0.15) is 0 Å². The summed E-state index contributed by atoms with van der Waals surface area (Å²) in [7, 11) is 0. The number of carboxylic acids is 1. The normalized spacial score (nSPS) is 22.3. The number of aliphatic carboxylic acids is 1. The molecule has 0 aliphatic carbocycles. The van der Waals surface area contributed by atoms with Gasteiger partial charge in [-0.1, -0.05) is 5.21 Å². The summed E-state index contributed by atoms with van der Waals surface area (Å²) in [6.07, 6.45) is 5.25. The van der Waals surface area contributed by atoms with E-state index < -0.39 is 5.97 Å². The van der Waals surface area contributed by atoms with Crippen LogP contribution in [0.1, 0.15) is 45.2 Å². The number of amides is 1. The highest BCUT2D eigenvalue weighted by atomic mass is 16.4. The van der Waals surface area contributed by atoms with E-state index >= 15 is 0 Å². The van der Waals surface area contributed by atoms with Crippen LogP contribution < -0.4 is 0 Å². The van der Waals surface area contributed by atoms with Crippen molar-refractivity contribution in [3.8, 4) is 0 Å². The fourth-order valence-electron chi connectivity index (χ4n) is 2.90. The van der Waals surface area contributed by atoms with E-state index in [1.807, 2.05) is 4.90 Å². The quantitative estimate of drug-likeness (QED) is 0.878. The molecule has 0 spiro atoms. The SMILES string of the molecule is CC1CCCC(C)N1C(=O)Cn1cc(CCC(=O)O)nn1. The van der Waals surface area contributed by atoms with Gasteiger partial charge in [0.1, 0.15) is 6.54 Å². The second-order valence-electron chi connectivity index (χ2n) is 5.73. The first-order chi connectivity index (χ1) is 9.97. The predicted octanol–water partition coefficient (Wildman–Crippen LogP) is 1.08. The molecule has 0 saturated carbocycles. The standard InChI is InChI=1S/C14H22N4O3/c1-10-4-3-5-11(2)18(10)13(19)9-17-8-12(15-16-17)6-7-14(20)21/h8,10-11H,3-7,9H2,1-2H3,(H,20,21). The molecule has 0 radical (unpaired) electrons. The molecule has 2 heterocycles. The summed E-state index contributed by atoms with van der Waals surface area (Å²) in [6.45, 7) is 4.31. The summed E-state index contributed by atoms with van der Waals surface area (Å²) in [5.74, 6) is -0.819. The number of carbonyl (C=O) groups excluding carboxylic acids is 1. The number of likely N-dealkylation sites (tertiary alicyclic amines) is 1. The highest BCUT2D eigenvalue weighted by molar-refractivity contribution is 5.76. The minimum Gasteiger partial charge on any atom is -0.481 e. The topological polar surface area (TPSA) is 88.3 Å². The van der Waals surface area contributed by atoms with Crippen molar-refractivity contribution in [2.75, 3.05) is 0 Å². The van der Waals surface area contributed by atoms with Crippen LogP contribution >= 0.6 is 0 Å². The first-order valence-electron chi connectivity index (χ1n) is 7.39. The van der Waals surface area contributed by atoms with Crippen LogP contribution in [-0.2, 0) is 22.6 Å². The number of aryl methyl sites for hydroxylation is 1. The first-order valence-corrected chi connectivity index (χ1v) is 7.39. The Labute approximate surface area is 123 Å². The van der Waals surface area contributed by atoms with E-state index in [1.54, 1.807) is 6.20 Å². The Morgan fingerprint density at radius 3 is 2.62 bits per heavy atom. The Morgan fingerprint density at radius 1 is 1.33 bits per heavy atom. The fourth-order valence-corrected chi connectivity index (χ4v) is 2.90. The molecule has 0 aromatic carbocycles. The first kappa shape index (κ1) is 15.5. The molecule has 1 aromatic heterocycles. The van der Waals surface area contributed by atoms with Crippen molar-refractivity contribution in [1.82, 2.24) is 19.9 Å². The van der Waals surface area contributed by atoms with Crippen molar-refractivity contribution < 1.29 is 14.7 Å². The van der Waals surface area contributed by atoms with Gasteiger partial charge in [0.05, 0.1) is 12.1 Å². The lowest BCUT2D eigenvalue weighted by atomic mass is 9.97. The number of nitrogens with zero attached hydrogens (tertiary/aromatic N) is 4. The number of hydrogen-bond donors (Lipinski definition) is 1. The van der Waals surface area contributed by atoms with E-state index in [0.717, 1.165) is 19.3 Å². The van der Waals surface area contributed by atoms with Gasteiger partial charge in [-0.25, -0.2) is 4.68 Å². The summed E-state index contributed by atoms with van der Waals surface area (Å²) < 4.78 is 1.49. The highest BCUT2D eigenvalue weighted by Crippen LogP contribution is 2.22. The van der Waals surface area contributed by atoms with E-state index in [0.29, 0.717) is 12.1 Å². The molecule has 1 amide bonds. The number of rotatable bonds is 5. The molecule has 7 heteroatoms. The van der Waals surface area contributed by atoms with Gasteiger partial charge in [-0.3, -0.25) is 9.59 Å². The second kappa shape index (κ2) is 6.69. The van der Waals surface area contributed by atoms with Gasteiger partial charge in [-0.15, -0.1) is 5.10 Å². The van der Waals surface area contributed by atoms with Crippen LogP contribution in [0.25, 0.3) is 0 Å². The van der Waals surface area contributed by atoms with Crippen LogP contribution in [-0.4, -0.2) is 49.0 Å². The van der Waals surface area contributed by atoms with Crippen molar-refractivity contribution in [2.24, 2.45) is 0 Å². The van der Waals surface area contributed by atoms with Crippen molar-refractivity contribution in [3.05, 3.63) is 11.9 Å². The number of hydrogen-bond acceptors (Lipinski definition) is 4. The third-order valence-electron chi connectivity index (χ3n) is 3.96. The van der Waals surface area contributed by atoms with Crippen molar-refractivity contribution >= 4 is 11.9 Å². The van der Waals surface area contributed by atoms with Gasteiger partial charge in [-0.05, 0) is 33.1 Å². The number of piperidine rings is 1. The summed E-state index contributed by atoms with van der Waals surface area (Å²) in [5.41, 5.74) is 0.602. The molecular formula is C14H22N4O3. The average molecular weight is 294 g/mol. The second-order valence-corrected chi connectivity index (χ2v) is 5.73. The average Bonchev–Trinajstić information content (AvgIpc) is 2.83. The number of carbonyl (C=O) groups is 2. The lowest BCUT2D eigenvalue weighted by Gasteiger charge is -2.39. The Kier molecular flexibility index (Phi) is 4.93. The molecule has 21 heavy (non-hydrogen) atoms. The van der Waals surface area contributed by atoms with Gasteiger partial charge < -0.3 is 10.0 Å². The maximum Gasteiger partial charge on any atom is 0.303 e. The molecule has 2 unspecified atom stereocenters. The van der Waals surface area contributed by atoms with Crippen molar-refractivity contribution in [1.29, 1.82) is 0 Å². The molecule has 1 saturated heterocycles. The minimum atomic E-state index is -0.864. The third-order valence-corrected chi connectivity index (χ3v) is 3.96. The fraction of sp³-hybridized carbons (Fsp3) is 0.714. The maximum absolute atomic E-state index is 12.4. The van der Waals surface area contributed by atoms with E-state index in [4.69, 9.17) is 5.11 Å². The molecular weight excluding hydrogens is 272 g/mol. The summed E-state index contributed by atoms with van der Waals surface area (Å²) >= 11 is 0. The van der Waals surface area contributed by atoms with E-state index in [2.05, 4.69) is 24.2 Å². The molecule has 2 rings (SSSR count). The Balaban J connectivity index is 1.94. The van der Waals surface area contributed by atoms with Gasteiger partial charge in [0.15, 0.2) is 0 Å². The molecule has 7 nitrogen and oxygen atoms in total. The van der Waals surface area contributed by atoms with Gasteiger partial charge in [0.2, 0.25) is 5.91 Å². The van der Waals surface area contributed by atoms with E-state index in [1.165, 1.54) is 4.68 Å². The molecule has 2 atom stereocenters. The van der Waals surface area contributed by atoms with E-state index in [-0.39, 0.29) is 31.0 Å². The Morgan fingerprint density at radius 2 is 2.00 bits per heavy atom. The van der Waals surface area contributed by atoms with Crippen molar-refractivity contribution in [2.45, 2.75) is 64.6 Å². The summed E-state index contributed by atoms with van der Waals surface area (Å²) in [4.78, 5) is 24.9. The maximum atomic E-state index is 12.4. The number of aromatic nitrogens is 3. The molecule has 116 valence electrons. The summed E-state index contributed by atoms with van der Waals surface area (Å²) in [6, 6.07) is 0.521. The van der Waals surface area contributed by atoms with Crippen molar-refractivity contribution in [3.63, 3.8) is 0 Å². The van der Waals surface area contributed by atoms with Crippen LogP contribution in [0.5, 0.6) is 0 Å². The van der Waals surface area contributed by atoms with Gasteiger partial charge in [0.25, 0.3) is 0 Å². The van der Waals surface area contributed by atoms with Crippen LogP contribution in [0.4, 0.5) is 0 Å².